The van der Waals surface area contributed by atoms with Crippen molar-refractivity contribution in [2.24, 2.45) is 0 Å². The summed E-state index contributed by atoms with van der Waals surface area (Å²) >= 11 is 0. The van der Waals surface area contributed by atoms with E-state index in [4.69, 9.17) is 4.42 Å². The van der Waals surface area contributed by atoms with Crippen molar-refractivity contribution in [3.63, 3.8) is 0 Å². The quantitative estimate of drug-likeness (QED) is 0.340. The summed E-state index contributed by atoms with van der Waals surface area (Å²) in [5.41, 5.74) is 4.28. The molecule has 2 heterocycles. The average Bonchev–Trinajstić information content (AvgIpc) is 3.37. The van der Waals surface area contributed by atoms with Crippen molar-refractivity contribution in [2.75, 3.05) is 4.90 Å². The smallest absolute Gasteiger partial charge is 0.300 e. The van der Waals surface area contributed by atoms with E-state index in [0.717, 1.165) is 16.7 Å². The Balaban J connectivity index is 1.88. The Kier molecular flexibility index (Phi) is 5.27. The second-order valence-electron chi connectivity index (χ2n) is 8.23. The number of carbonyl (C=O) groups is 2. The van der Waals surface area contributed by atoms with Crippen LogP contribution in [0.3, 0.4) is 0 Å². The van der Waals surface area contributed by atoms with E-state index < -0.39 is 17.7 Å². The van der Waals surface area contributed by atoms with Gasteiger partial charge in [0, 0.05) is 11.3 Å². The molecule has 1 fully saturated rings. The highest BCUT2D eigenvalue weighted by Crippen LogP contribution is 2.42. The number of Topliss-reactive ketones (excluding diaryl/α,β-unsaturated/α-hetero) is 1. The first-order valence-corrected chi connectivity index (χ1v) is 10.3. The van der Waals surface area contributed by atoms with E-state index in [-0.39, 0.29) is 11.3 Å². The van der Waals surface area contributed by atoms with Crippen LogP contribution in [0.15, 0.2) is 70.9 Å². The van der Waals surface area contributed by atoms with Gasteiger partial charge in [-0.05, 0) is 66.8 Å². The monoisotopic (exact) mass is 415 g/mol. The van der Waals surface area contributed by atoms with E-state index in [1.54, 1.807) is 18.2 Å². The number of benzene rings is 2. The number of ketones is 1. The van der Waals surface area contributed by atoms with Gasteiger partial charge in [0.05, 0.1) is 11.8 Å². The normalized spacial score (nSPS) is 18.2. The zero-order chi connectivity index (χ0) is 22.3. The summed E-state index contributed by atoms with van der Waals surface area (Å²) in [6, 6.07) is 15.6. The molecule has 0 radical (unpaired) electrons. The summed E-state index contributed by atoms with van der Waals surface area (Å²) < 4.78 is 5.60. The second kappa shape index (κ2) is 7.91. The summed E-state index contributed by atoms with van der Waals surface area (Å²) in [6.45, 7) is 8.09. The first-order chi connectivity index (χ1) is 14.8. The lowest BCUT2D eigenvalue weighted by atomic mass is 9.97. The highest BCUT2D eigenvalue weighted by Gasteiger charge is 2.48. The van der Waals surface area contributed by atoms with Gasteiger partial charge in [0.15, 0.2) is 0 Å². The van der Waals surface area contributed by atoms with Crippen LogP contribution in [0.2, 0.25) is 0 Å². The van der Waals surface area contributed by atoms with Crippen LogP contribution in [-0.2, 0) is 9.59 Å². The minimum Gasteiger partial charge on any atom is -0.507 e. The van der Waals surface area contributed by atoms with E-state index in [1.807, 2.05) is 50.2 Å². The molecule has 2 aromatic carbocycles. The van der Waals surface area contributed by atoms with Gasteiger partial charge in [-0.3, -0.25) is 14.5 Å². The highest BCUT2D eigenvalue weighted by atomic mass is 16.3. The molecule has 1 amide bonds. The summed E-state index contributed by atoms with van der Waals surface area (Å²) in [5.74, 6) is -0.870. The van der Waals surface area contributed by atoms with E-state index >= 15 is 0 Å². The molecular weight excluding hydrogens is 390 g/mol. The number of rotatable bonds is 4. The summed E-state index contributed by atoms with van der Waals surface area (Å²) in [7, 11) is 0. The lowest BCUT2D eigenvalue weighted by Gasteiger charge is -2.24. The SMILES string of the molecule is Cc1ccc(/C(O)=C2/C(=O)C(=O)N(c3ccc(C(C)C)cc3)C2c2ccco2)cc1C. The largest absolute Gasteiger partial charge is 0.507 e. The van der Waals surface area contributed by atoms with E-state index in [1.165, 1.54) is 11.2 Å². The van der Waals surface area contributed by atoms with Crippen LogP contribution in [0.25, 0.3) is 5.76 Å². The van der Waals surface area contributed by atoms with Gasteiger partial charge in [0.1, 0.15) is 17.6 Å². The molecule has 5 nitrogen and oxygen atoms in total. The second-order valence-corrected chi connectivity index (χ2v) is 8.23. The van der Waals surface area contributed by atoms with Crippen molar-refractivity contribution in [1.29, 1.82) is 0 Å². The molecule has 1 unspecified atom stereocenters. The summed E-state index contributed by atoms with van der Waals surface area (Å²) in [6.07, 6.45) is 1.49. The molecule has 31 heavy (non-hydrogen) atoms. The fourth-order valence-corrected chi connectivity index (χ4v) is 3.88. The van der Waals surface area contributed by atoms with Crippen molar-refractivity contribution in [3.05, 3.63) is 94.4 Å². The van der Waals surface area contributed by atoms with Gasteiger partial charge < -0.3 is 9.52 Å². The van der Waals surface area contributed by atoms with Gasteiger partial charge in [-0.1, -0.05) is 38.1 Å². The average molecular weight is 415 g/mol. The molecule has 3 aromatic rings. The van der Waals surface area contributed by atoms with Crippen LogP contribution in [-0.4, -0.2) is 16.8 Å². The van der Waals surface area contributed by atoms with Crippen LogP contribution in [0.4, 0.5) is 5.69 Å². The van der Waals surface area contributed by atoms with E-state index in [9.17, 15) is 14.7 Å². The molecule has 0 bridgehead atoms. The number of aliphatic hydroxyl groups excluding tert-OH is 1. The molecule has 1 N–H and O–H groups in total. The Labute approximate surface area is 181 Å². The maximum absolute atomic E-state index is 13.1. The van der Waals surface area contributed by atoms with E-state index in [0.29, 0.717) is 22.9 Å². The topological polar surface area (TPSA) is 70.8 Å². The lowest BCUT2D eigenvalue weighted by Crippen LogP contribution is -2.29. The molecular formula is C26H25NO4. The zero-order valence-corrected chi connectivity index (χ0v) is 18.0. The molecule has 1 atom stereocenters. The molecule has 0 saturated carbocycles. The molecule has 5 heteroatoms. The standard InChI is InChI=1S/C26H25NO4/c1-15(2)18-9-11-20(12-10-18)27-23(21-6-5-13-31-21)22(25(29)26(27)30)24(28)19-8-7-16(3)17(4)14-19/h5-15,23,28H,1-4H3/b24-22-. The summed E-state index contributed by atoms with van der Waals surface area (Å²) in [5, 5.41) is 11.1. The van der Waals surface area contributed by atoms with Gasteiger partial charge in [0.2, 0.25) is 0 Å². The molecule has 1 aliphatic heterocycles. The maximum Gasteiger partial charge on any atom is 0.300 e. The number of anilines is 1. The van der Waals surface area contributed by atoms with Gasteiger partial charge in [-0.15, -0.1) is 0 Å². The molecule has 0 spiro atoms. The van der Waals surface area contributed by atoms with Gasteiger partial charge in [-0.2, -0.15) is 0 Å². The van der Waals surface area contributed by atoms with Crippen LogP contribution in [0.1, 0.15) is 53.8 Å². The minimum absolute atomic E-state index is 0.0242. The number of nitrogens with zero attached hydrogens (tertiary/aromatic N) is 1. The molecule has 1 saturated heterocycles. The third-order valence-electron chi connectivity index (χ3n) is 5.88. The van der Waals surface area contributed by atoms with Gasteiger partial charge in [-0.25, -0.2) is 0 Å². The maximum atomic E-state index is 13.1. The fraction of sp³-hybridized carbons (Fsp3) is 0.231. The predicted molar refractivity (Wildman–Crippen MR) is 120 cm³/mol. The van der Waals surface area contributed by atoms with Crippen molar-refractivity contribution >= 4 is 23.1 Å². The minimum atomic E-state index is -0.846. The molecule has 0 aliphatic carbocycles. The zero-order valence-electron chi connectivity index (χ0n) is 18.0. The number of aliphatic hydroxyl groups is 1. The number of hydrogen-bond acceptors (Lipinski definition) is 4. The van der Waals surface area contributed by atoms with Crippen LogP contribution in [0.5, 0.6) is 0 Å². The van der Waals surface area contributed by atoms with Crippen molar-refractivity contribution in [3.8, 4) is 0 Å². The Morgan fingerprint density at radius 3 is 2.29 bits per heavy atom. The number of hydrogen-bond donors (Lipinski definition) is 1. The number of carbonyl (C=O) groups excluding carboxylic acids is 2. The van der Waals surface area contributed by atoms with E-state index in [2.05, 4.69) is 13.8 Å². The number of aryl methyl sites for hydroxylation is 2. The molecule has 1 aromatic heterocycles. The van der Waals surface area contributed by atoms with Gasteiger partial charge >= 0.3 is 0 Å². The lowest BCUT2D eigenvalue weighted by molar-refractivity contribution is -0.132. The van der Waals surface area contributed by atoms with Crippen molar-refractivity contribution in [2.45, 2.75) is 39.7 Å². The molecule has 1 aliphatic rings. The summed E-state index contributed by atoms with van der Waals surface area (Å²) in [4.78, 5) is 27.6. The Bertz CT molecular complexity index is 1170. The Hall–Kier alpha value is -3.60. The molecule has 158 valence electrons. The Morgan fingerprint density at radius 1 is 1.00 bits per heavy atom. The van der Waals surface area contributed by atoms with Crippen molar-refractivity contribution in [1.82, 2.24) is 0 Å². The highest BCUT2D eigenvalue weighted by molar-refractivity contribution is 6.51. The van der Waals surface area contributed by atoms with Crippen molar-refractivity contribution < 1.29 is 19.1 Å². The van der Waals surface area contributed by atoms with Crippen LogP contribution >= 0.6 is 0 Å². The number of furan rings is 1. The first-order valence-electron chi connectivity index (χ1n) is 10.3. The van der Waals surface area contributed by atoms with Gasteiger partial charge in [0.25, 0.3) is 11.7 Å². The Morgan fingerprint density at radius 2 is 1.71 bits per heavy atom. The molecule has 4 rings (SSSR count). The van der Waals surface area contributed by atoms with Crippen LogP contribution < -0.4 is 4.90 Å². The first kappa shape index (κ1) is 20.7. The predicted octanol–water partition coefficient (Wildman–Crippen LogP) is 5.65. The third kappa shape index (κ3) is 3.56. The fourth-order valence-electron chi connectivity index (χ4n) is 3.88. The number of amides is 1. The third-order valence-corrected chi connectivity index (χ3v) is 5.88. The van der Waals surface area contributed by atoms with Crippen LogP contribution in [0, 0.1) is 13.8 Å².